The molecule has 0 atom stereocenters. The summed E-state index contributed by atoms with van der Waals surface area (Å²) >= 11 is 5.85. The Morgan fingerprint density at radius 3 is 2.47 bits per heavy atom. The highest BCUT2D eigenvalue weighted by molar-refractivity contribution is 6.34. The molecule has 1 amide bonds. The fraction of sp³-hybridized carbons (Fsp3) is 0.0455. The number of hydrogen-bond acceptors (Lipinski definition) is 4. The summed E-state index contributed by atoms with van der Waals surface area (Å²) in [6.45, 7) is 0. The summed E-state index contributed by atoms with van der Waals surface area (Å²) in [5.41, 5.74) is -1.64. The molecule has 0 saturated carbocycles. The molecular formula is C22H12ClF3N2O4. The van der Waals surface area contributed by atoms with Gasteiger partial charge in [0.15, 0.2) is 5.71 Å². The number of carboxylic acids is 1. The number of anilines is 1. The Balaban J connectivity index is 1.72. The van der Waals surface area contributed by atoms with Crippen molar-refractivity contribution in [3.63, 3.8) is 0 Å². The zero-order valence-corrected chi connectivity index (χ0v) is 16.7. The van der Waals surface area contributed by atoms with Crippen LogP contribution >= 0.6 is 11.6 Å². The molecule has 4 rings (SSSR count). The number of hydrogen-bond donors (Lipinski definition) is 1. The molecule has 0 bridgehead atoms. The fourth-order valence-corrected chi connectivity index (χ4v) is 3.27. The van der Waals surface area contributed by atoms with E-state index in [2.05, 4.69) is 5.10 Å². The molecule has 32 heavy (non-hydrogen) atoms. The van der Waals surface area contributed by atoms with Crippen LogP contribution in [0.25, 0.3) is 17.4 Å². The smallest absolute Gasteiger partial charge is 0.435 e. The molecule has 162 valence electrons. The third-order valence-corrected chi connectivity index (χ3v) is 4.87. The van der Waals surface area contributed by atoms with Crippen LogP contribution in [0.3, 0.4) is 0 Å². The number of rotatable bonds is 4. The van der Waals surface area contributed by atoms with E-state index in [1.54, 1.807) is 18.2 Å². The summed E-state index contributed by atoms with van der Waals surface area (Å²) in [5.74, 6) is -2.05. The van der Waals surface area contributed by atoms with E-state index in [0.29, 0.717) is 10.6 Å². The Morgan fingerprint density at radius 1 is 1.09 bits per heavy atom. The van der Waals surface area contributed by atoms with Gasteiger partial charge >= 0.3 is 12.1 Å². The lowest BCUT2D eigenvalue weighted by atomic mass is 10.1. The predicted molar refractivity (Wildman–Crippen MR) is 112 cm³/mol. The Labute approximate surface area is 183 Å². The number of halogens is 4. The molecule has 0 unspecified atom stereocenters. The maximum atomic E-state index is 13.6. The van der Waals surface area contributed by atoms with Crippen molar-refractivity contribution < 1.29 is 32.3 Å². The molecule has 1 aliphatic heterocycles. The summed E-state index contributed by atoms with van der Waals surface area (Å²) in [7, 11) is 0. The van der Waals surface area contributed by atoms with E-state index in [1.165, 1.54) is 42.5 Å². The van der Waals surface area contributed by atoms with Crippen molar-refractivity contribution >= 4 is 41.0 Å². The Bertz CT molecular complexity index is 1280. The van der Waals surface area contributed by atoms with Crippen LogP contribution in [-0.2, 0) is 4.79 Å². The zero-order chi connectivity index (χ0) is 23.0. The number of nitrogens with zero attached hydrogens (tertiary/aromatic N) is 2. The minimum Gasteiger partial charge on any atom is -0.478 e. The molecule has 0 saturated heterocycles. The Kier molecular flexibility index (Phi) is 5.35. The van der Waals surface area contributed by atoms with Gasteiger partial charge in [-0.15, -0.1) is 0 Å². The quantitative estimate of drug-likeness (QED) is 0.510. The maximum absolute atomic E-state index is 13.6. The molecular weight excluding hydrogens is 449 g/mol. The number of benzene rings is 2. The summed E-state index contributed by atoms with van der Waals surface area (Å²) in [6, 6.07) is 14.7. The fourth-order valence-electron chi connectivity index (χ4n) is 3.07. The van der Waals surface area contributed by atoms with Crippen LogP contribution in [0.5, 0.6) is 0 Å². The van der Waals surface area contributed by atoms with Crippen molar-refractivity contribution in [1.29, 1.82) is 0 Å². The van der Waals surface area contributed by atoms with Crippen LogP contribution in [0.2, 0.25) is 5.02 Å². The Hall–Kier alpha value is -3.85. The number of hydrazone groups is 1. The second-order valence-corrected chi connectivity index (χ2v) is 7.07. The summed E-state index contributed by atoms with van der Waals surface area (Å²) < 4.78 is 46.2. The van der Waals surface area contributed by atoms with Crippen LogP contribution in [0.1, 0.15) is 16.1 Å². The largest absolute Gasteiger partial charge is 0.478 e. The highest BCUT2D eigenvalue weighted by atomic mass is 35.5. The number of aromatic carboxylic acids is 1. The van der Waals surface area contributed by atoms with E-state index in [1.807, 2.05) is 0 Å². The van der Waals surface area contributed by atoms with Gasteiger partial charge in [-0.05, 0) is 48.5 Å². The van der Waals surface area contributed by atoms with Crippen molar-refractivity contribution in [3.8, 4) is 11.3 Å². The number of carbonyl (C=O) groups excluding carboxylic acids is 1. The summed E-state index contributed by atoms with van der Waals surface area (Å²) in [5, 5.41) is 13.4. The molecule has 1 aliphatic rings. The number of carboxylic acid groups (broad SMARTS) is 1. The molecule has 2 heterocycles. The average Bonchev–Trinajstić information content (AvgIpc) is 3.34. The van der Waals surface area contributed by atoms with Gasteiger partial charge in [0.25, 0.3) is 5.91 Å². The maximum Gasteiger partial charge on any atom is 0.435 e. The van der Waals surface area contributed by atoms with Crippen LogP contribution < -0.4 is 5.01 Å². The van der Waals surface area contributed by atoms with Crippen LogP contribution in [0.15, 0.2) is 75.8 Å². The average molecular weight is 461 g/mol. The first kappa shape index (κ1) is 21.4. The van der Waals surface area contributed by atoms with E-state index in [0.717, 1.165) is 6.08 Å². The van der Waals surface area contributed by atoms with Gasteiger partial charge in [0.05, 0.1) is 21.8 Å². The van der Waals surface area contributed by atoms with Crippen LogP contribution in [0.4, 0.5) is 18.9 Å². The van der Waals surface area contributed by atoms with Gasteiger partial charge in [-0.3, -0.25) is 4.79 Å². The summed E-state index contributed by atoms with van der Waals surface area (Å²) in [6.07, 6.45) is -3.91. The Morgan fingerprint density at radius 2 is 1.81 bits per heavy atom. The molecule has 0 radical (unpaired) electrons. The SMILES string of the molecule is O=C(O)c1cc(-c2ccc(/C=C3\C(=O)N(c4ccccc4)N=C3C(F)(F)F)o2)ccc1Cl. The van der Waals surface area contributed by atoms with E-state index >= 15 is 0 Å². The lowest BCUT2D eigenvalue weighted by Crippen LogP contribution is -2.25. The topological polar surface area (TPSA) is 83.1 Å². The minimum atomic E-state index is -4.87. The number of para-hydroxylation sites is 1. The number of furan rings is 1. The lowest BCUT2D eigenvalue weighted by molar-refractivity contribution is -0.114. The molecule has 6 nitrogen and oxygen atoms in total. The van der Waals surface area contributed by atoms with E-state index in [4.69, 9.17) is 16.0 Å². The van der Waals surface area contributed by atoms with E-state index in [9.17, 15) is 27.9 Å². The number of carbonyl (C=O) groups is 2. The third kappa shape index (κ3) is 4.02. The van der Waals surface area contributed by atoms with Crippen molar-refractivity contribution in [2.45, 2.75) is 6.18 Å². The molecule has 1 N–H and O–H groups in total. The van der Waals surface area contributed by atoms with Gasteiger partial charge in [-0.2, -0.15) is 23.3 Å². The molecule has 3 aromatic rings. The van der Waals surface area contributed by atoms with Crippen molar-refractivity contribution in [1.82, 2.24) is 0 Å². The standard InChI is InChI=1S/C22H12ClF3N2O4/c23-17-8-6-12(10-15(17)21(30)31)18-9-7-14(32-18)11-16-19(22(24,25)26)27-28(20(16)29)13-4-2-1-3-5-13/h1-11H,(H,30,31)/b16-11-. The molecule has 10 heteroatoms. The van der Waals surface area contributed by atoms with Gasteiger partial charge in [-0.25, -0.2) is 4.79 Å². The van der Waals surface area contributed by atoms with Crippen molar-refractivity contribution in [2.75, 3.05) is 5.01 Å². The normalized spacial score (nSPS) is 15.4. The molecule has 0 fully saturated rings. The van der Waals surface area contributed by atoms with Gasteiger partial charge in [0, 0.05) is 5.56 Å². The second-order valence-electron chi connectivity index (χ2n) is 6.66. The zero-order valence-electron chi connectivity index (χ0n) is 15.9. The number of alkyl halides is 3. The highest BCUT2D eigenvalue weighted by Gasteiger charge is 2.47. The second kappa shape index (κ2) is 8.01. The van der Waals surface area contributed by atoms with Crippen LogP contribution in [-0.4, -0.2) is 28.9 Å². The van der Waals surface area contributed by atoms with E-state index in [-0.39, 0.29) is 27.8 Å². The molecule has 2 aromatic carbocycles. The minimum absolute atomic E-state index is 0.0266. The van der Waals surface area contributed by atoms with Crippen LogP contribution in [0, 0.1) is 0 Å². The lowest BCUT2D eigenvalue weighted by Gasteiger charge is -2.10. The van der Waals surface area contributed by atoms with Gasteiger partial charge < -0.3 is 9.52 Å². The van der Waals surface area contributed by atoms with Gasteiger partial charge in [-0.1, -0.05) is 29.8 Å². The monoisotopic (exact) mass is 460 g/mol. The first-order chi connectivity index (χ1) is 15.1. The van der Waals surface area contributed by atoms with Crippen molar-refractivity contribution in [2.24, 2.45) is 5.10 Å². The molecule has 0 aliphatic carbocycles. The van der Waals surface area contributed by atoms with E-state index < -0.39 is 29.3 Å². The van der Waals surface area contributed by atoms with Crippen molar-refractivity contribution in [3.05, 3.63) is 82.6 Å². The number of amides is 1. The first-order valence-electron chi connectivity index (χ1n) is 9.05. The highest BCUT2D eigenvalue weighted by Crippen LogP contribution is 2.33. The van der Waals surface area contributed by atoms with Gasteiger partial charge in [0.2, 0.25) is 0 Å². The molecule has 0 spiro atoms. The molecule has 1 aromatic heterocycles. The summed E-state index contributed by atoms with van der Waals surface area (Å²) in [4.78, 5) is 24.0. The first-order valence-corrected chi connectivity index (χ1v) is 9.43. The predicted octanol–water partition coefficient (Wildman–Crippen LogP) is 5.65. The third-order valence-electron chi connectivity index (χ3n) is 4.54. The van der Waals surface area contributed by atoms with Gasteiger partial charge in [0.1, 0.15) is 11.5 Å².